The van der Waals surface area contributed by atoms with Gasteiger partial charge in [-0.1, -0.05) is 6.08 Å². The van der Waals surface area contributed by atoms with Crippen LogP contribution in [-0.4, -0.2) is 34.6 Å². The minimum Gasteiger partial charge on any atom is -0.369 e. The molecule has 4 aliphatic rings. The van der Waals surface area contributed by atoms with Crippen LogP contribution >= 0.6 is 0 Å². The number of hydrogen-bond donors (Lipinski definition) is 1. The molecule has 3 heteroatoms. The summed E-state index contributed by atoms with van der Waals surface area (Å²) >= 11 is 0. The second-order valence-electron chi connectivity index (χ2n) is 4.17. The topological polar surface area (TPSA) is 43.1 Å². The van der Waals surface area contributed by atoms with E-state index in [-0.39, 0.29) is 11.8 Å². The van der Waals surface area contributed by atoms with Gasteiger partial charge < -0.3 is 5.73 Å². The number of quaternary nitrogens is 1. The van der Waals surface area contributed by atoms with Crippen LogP contribution in [0.4, 0.5) is 0 Å². The van der Waals surface area contributed by atoms with Crippen molar-refractivity contribution in [2.45, 2.75) is 24.2 Å². The Morgan fingerprint density at radius 2 is 2.09 bits per heavy atom. The lowest BCUT2D eigenvalue weighted by molar-refractivity contribution is -0.624. The van der Waals surface area contributed by atoms with E-state index in [0.717, 1.165) is 18.1 Å². The molecule has 1 amide bonds. The molecule has 0 aliphatic carbocycles. The molecule has 1 spiro atoms. The van der Waals surface area contributed by atoms with Crippen molar-refractivity contribution in [2.75, 3.05) is 0 Å². The van der Waals surface area contributed by atoms with Crippen molar-refractivity contribution in [3.8, 4) is 0 Å². The Morgan fingerprint density at radius 3 is 2.82 bits per heavy atom. The fourth-order valence-corrected chi connectivity index (χ4v) is 3.44. The zero-order valence-electron chi connectivity index (χ0n) is 5.97. The smallest absolute Gasteiger partial charge is 0.230 e. The monoisotopic (exact) mass is 149 g/mol. The fourth-order valence-electron chi connectivity index (χ4n) is 3.44. The minimum absolute atomic E-state index is 0.0648. The lowest BCUT2D eigenvalue weighted by atomic mass is 10.0. The first-order valence-electron chi connectivity index (χ1n) is 4.15. The Hall–Kier alpha value is -0.830. The van der Waals surface area contributed by atoms with Gasteiger partial charge in [0.15, 0.2) is 12.1 Å². The molecule has 0 saturated carbocycles. The number of fused-ring (bicyclic) bond motifs is 3. The van der Waals surface area contributed by atoms with Gasteiger partial charge in [-0.15, -0.1) is 0 Å². The molecule has 2 N–H and O–H groups in total. The zero-order chi connectivity index (χ0) is 7.38. The average Bonchev–Trinajstić information content (AvgIpc) is 2.82. The van der Waals surface area contributed by atoms with Crippen LogP contribution in [0.25, 0.3) is 0 Å². The molecule has 0 bridgehead atoms. The van der Waals surface area contributed by atoms with E-state index in [2.05, 4.69) is 6.08 Å². The van der Waals surface area contributed by atoms with Gasteiger partial charge in [-0.3, -0.25) is 9.28 Å². The second-order valence-corrected chi connectivity index (χ2v) is 4.17. The van der Waals surface area contributed by atoms with Gasteiger partial charge in [-0.05, 0) is 6.08 Å². The van der Waals surface area contributed by atoms with E-state index in [4.69, 9.17) is 5.73 Å². The minimum atomic E-state index is -0.130. The molecule has 3 fully saturated rings. The molecule has 0 aromatic heterocycles. The van der Waals surface area contributed by atoms with E-state index in [1.807, 2.05) is 6.08 Å². The van der Waals surface area contributed by atoms with E-state index in [1.54, 1.807) is 0 Å². The molecule has 3 saturated heterocycles. The third-order valence-corrected chi connectivity index (χ3v) is 4.06. The summed E-state index contributed by atoms with van der Waals surface area (Å²) < 4.78 is 1.27. The molecule has 4 heterocycles. The van der Waals surface area contributed by atoms with Crippen LogP contribution in [0, 0.1) is 5.92 Å². The maximum atomic E-state index is 10.9. The Labute approximate surface area is 64.1 Å². The molecule has 4 rings (SSSR count). The van der Waals surface area contributed by atoms with Crippen molar-refractivity contribution in [2.24, 2.45) is 11.7 Å². The first kappa shape index (κ1) is 4.93. The number of hydrogen-bond acceptors (Lipinski definition) is 1. The van der Waals surface area contributed by atoms with Gasteiger partial charge in [-0.2, -0.15) is 0 Å². The summed E-state index contributed by atoms with van der Waals surface area (Å²) in [5.41, 5.74) is 5.27. The number of carbonyl (C=O) groups is 1. The fraction of sp³-hybridized carbons (Fsp3) is 0.625. The van der Waals surface area contributed by atoms with Crippen molar-refractivity contribution in [3.63, 3.8) is 0 Å². The standard InChI is InChI=1S/C8H8N2O/c9-8(11)3-1-2-4-6-7-5(3)10(4,6)7/h1-7H,(H-,9,11)/p+1/t3?,4-,5+,6-,7-,10+/m1/s1. The number of amides is 1. The van der Waals surface area contributed by atoms with E-state index in [0.29, 0.717) is 6.04 Å². The normalized spacial score (nSPS) is 71.5. The van der Waals surface area contributed by atoms with Crippen molar-refractivity contribution >= 4 is 5.91 Å². The van der Waals surface area contributed by atoms with Crippen molar-refractivity contribution in [1.29, 1.82) is 0 Å². The van der Waals surface area contributed by atoms with Crippen molar-refractivity contribution in [1.82, 2.24) is 0 Å². The van der Waals surface area contributed by atoms with Gasteiger partial charge in [0.2, 0.25) is 18.0 Å². The summed E-state index contributed by atoms with van der Waals surface area (Å²) in [6.07, 6.45) is 4.22. The number of rotatable bonds is 1. The number of nitrogens with zero attached hydrogens (tertiary/aromatic N) is 1. The molecule has 0 radical (unpaired) electrons. The SMILES string of the molecule is NC(=O)C1C=C[C@@H]2[C@@H]3[C@H]4[C@H]1[N@@+]342. The molecule has 11 heavy (non-hydrogen) atoms. The molecular weight excluding hydrogens is 140 g/mol. The van der Waals surface area contributed by atoms with Gasteiger partial charge in [0.1, 0.15) is 5.92 Å². The van der Waals surface area contributed by atoms with Gasteiger partial charge in [0.05, 0.1) is 0 Å². The van der Waals surface area contributed by atoms with Crippen LogP contribution < -0.4 is 5.73 Å². The van der Waals surface area contributed by atoms with E-state index < -0.39 is 0 Å². The number of nitrogens with two attached hydrogens (primary N) is 1. The molecule has 6 atom stereocenters. The Kier molecular flexibility index (Phi) is 0.433. The van der Waals surface area contributed by atoms with Crippen LogP contribution in [0.5, 0.6) is 0 Å². The summed E-state index contributed by atoms with van der Waals surface area (Å²) in [4.78, 5) is 10.9. The third kappa shape index (κ3) is 0.265. The largest absolute Gasteiger partial charge is 0.369 e. The molecule has 4 aliphatic heterocycles. The third-order valence-electron chi connectivity index (χ3n) is 4.06. The highest BCUT2D eigenvalue weighted by atomic mass is 16.1. The highest BCUT2D eigenvalue weighted by Gasteiger charge is 3.11. The summed E-state index contributed by atoms with van der Waals surface area (Å²) in [7, 11) is 0. The van der Waals surface area contributed by atoms with Crippen LogP contribution in [0.15, 0.2) is 12.2 Å². The quantitative estimate of drug-likeness (QED) is 0.290. The van der Waals surface area contributed by atoms with E-state index in [9.17, 15) is 4.79 Å². The molecule has 0 aromatic carbocycles. The number of carbonyl (C=O) groups excluding carboxylic acids is 1. The highest BCUT2D eigenvalue weighted by molar-refractivity contribution is 5.81. The van der Waals surface area contributed by atoms with Crippen molar-refractivity contribution < 1.29 is 9.28 Å². The first-order chi connectivity index (χ1) is 5.29. The molecule has 1 unspecified atom stereocenters. The zero-order valence-corrected chi connectivity index (χ0v) is 5.97. The van der Waals surface area contributed by atoms with Gasteiger partial charge in [-0.25, -0.2) is 0 Å². The lowest BCUT2D eigenvalue weighted by Crippen LogP contribution is -2.31. The molecular formula is C8H9N2O+. The summed E-state index contributed by atoms with van der Waals surface area (Å²) in [5.74, 6) is -0.0648. The predicted octanol–water partition coefficient (Wildman–Crippen LogP) is -1.01. The summed E-state index contributed by atoms with van der Waals surface area (Å²) in [6, 6.07) is 3.21. The number of primary amides is 1. The summed E-state index contributed by atoms with van der Waals surface area (Å²) in [6.45, 7) is 0. The lowest BCUT2D eigenvalue weighted by Gasteiger charge is -2.07. The Morgan fingerprint density at radius 1 is 1.27 bits per heavy atom. The van der Waals surface area contributed by atoms with Crippen LogP contribution in [0.2, 0.25) is 0 Å². The van der Waals surface area contributed by atoms with E-state index in [1.165, 1.54) is 4.48 Å². The Bertz CT molecular complexity index is 324. The van der Waals surface area contributed by atoms with Crippen LogP contribution in [0.1, 0.15) is 0 Å². The predicted molar refractivity (Wildman–Crippen MR) is 37.2 cm³/mol. The maximum Gasteiger partial charge on any atom is 0.230 e. The van der Waals surface area contributed by atoms with Gasteiger partial charge in [0, 0.05) is 0 Å². The molecule has 56 valence electrons. The second kappa shape index (κ2) is 0.966. The van der Waals surface area contributed by atoms with E-state index >= 15 is 0 Å². The molecule has 0 aromatic rings. The summed E-state index contributed by atoms with van der Waals surface area (Å²) in [5, 5.41) is 0. The van der Waals surface area contributed by atoms with Crippen LogP contribution in [-0.2, 0) is 4.79 Å². The highest BCUT2D eigenvalue weighted by Crippen LogP contribution is 2.83. The Balaban J connectivity index is 1.79. The van der Waals surface area contributed by atoms with Crippen LogP contribution in [0.3, 0.4) is 0 Å². The molecule has 3 nitrogen and oxygen atoms in total. The van der Waals surface area contributed by atoms with Gasteiger partial charge >= 0.3 is 0 Å². The average molecular weight is 149 g/mol. The first-order valence-corrected chi connectivity index (χ1v) is 4.15. The maximum absolute atomic E-state index is 10.9. The van der Waals surface area contributed by atoms with Crippen molar-refractivity contribution in [3.05, 3.63) is 12.2 Å². The van der Waals surface area contributed by atoms with Gasteiger partial charge in [0.25, 0.3) is 0 Å².